The molecule has 0 saturated carbocycles. The van der Waals surface area contributed by atoms with Crippen LogP contribution in [0.1, 0.15) is 0 Å². The first-order chi connectivity index (χ1) is 11.2. The zero-order chi connectivity index (χ0) is 16.1. The van der Waals surface area contributed by atoms with Crippen LogP contribution in [0.5, 0.6) is 0 Å². The smallest absolute Gasteiger partial charge is 0.271 e. The topological polar surface area (TPSA) is 106 Å². The van der Waals surface area contributed by atoms with Crippen LogP contribution in [0.4, 0.5) is 29.0 Å². The summed E-state index contributed by atoms with van der Waals surface area (Å²) in [5.74, 6) is 0.665. The summed E-state index contributed by atoms with van der Waals surface area (Å²) in [7, 11) is 0. The van der Waals surface area contributed by atoms with E-state index >= 15 is 0 Å². The normalized spacial score (nSPS) is 10.1. The van der Waals surface area contributed by atoms with Gasteiger partial charge < -0.3 is 10.6 Å². The molecule has 8 nitrogen and oxygen atoms in total. The van der Waals surface area contributed by atoms with Crippen LogP contribution in [0.2, 0.25) is 0 Å². The molecule has 3 rings (SSSR count). The molecule has 2 N–H and O–H groups in total. The highest BCUT2D eigenvalue weighted by molar-refractivity contribution is 5.59. The molecule has 2 aromatic carbocycles. The fourth-order valence-electron chi connectivity index (χ4n) is 1.89. The van der Waals surface area contributed by atoms with E-state index in [-0.39, 0.29) is 5.69 Å². The molecule has 1 heterocycles. The second-order valence-corrected chi connectivity index (χ2v) is 4.56. The van der Waals surface area contributed by atoms with E-state index in [1.165, 1.54) is 18.5 Å². The average molecular weight is 308 g/mol. The summed E-state index contributed by atoms with van der Waals surface area (Å²) in [4.78, 5) is 22.6. The maximum absolute atomic E-state index is 10.8. The van der Waals surface area contributed by atoms with E-state index in [0.29, 0.717) is 17.6 Å². The molecule has 0 aliphatic carbocycles. The Hall–Kier alpha value is -3.55. The second kappa shape index (κ2) is 6.48. The van der Waals surface area contributed by atoms with Crippen LogP contribution < -0.4 is 10.6 Å². The van der Waals surface area contributed by atoms with Crippen LogP contribution in [-0.2, 0) is 0 Å². The maximum atomic E-state index is 10.8. The van der Waals surface area contributed by atoms with Crippen LogP contribution in [0.3, 0.4) is 0 Å². The number of nitro benzene ring substituents is 1. The lowest BCUT2D eigenvalue weighted by atomic mass is 10.3. The van der Waals surface area contributed by atoms with E-state index in [1.807, 2.05) is 30.3 Å². The minimum absolute atomic E-state index is 0.00769. The molecule has 0 aliphatic heterocycles. The molecule has 0 amide bonds. The van der Waals surface area contributed by atoms with E-state index < -0.39 is 4.92 Å². The molecule has 3 aromatic rings. The fourth-order valence-corrected chi connectivity index (χ4v) is 1.89. The van der Waals surface area contributed by atoms with Crippen molar-refractivity contribution in [1.82, 2.24) is 15.0 Å². The Labute approximate surface area is 131 Å². The highest BCUT2D eigenvalue weighted by atomic mass is 16.6. The molecular weight excluding hydrogens is 296 g/mol. The Morgan fingerprint density at radius 1 is 0.870 bits per heavy atom. The van der Waals surface area contributed by atoms with Crippen LogP contribution >= 0.6 is 0 Å². The molecule has 0 spiro atoms. The summed E-state index contributed by atoms with van der Waals surface area (Å²) in [5.41, 5.74) is 1.36. The molecule has 114 valence electrons. The van der Waals surface area contributed by atoms with Crippen LogP contribution in [0, 0.1) is 10.1 Å². The van der Waals surface area contributed by atoms with Gasteiger partial charge in [-0.15, -0.1) is 0 Å². The SMILES string of the molecule is O=[N+]([O-])c1cccc(Nc2ncnc(Nc3ccccc3)n2)c1. The van der Waals surface area contributed by atoms with Crippen molar-refractivity contribution in [3.63, 3.8) is 0 Å². The quantitative estimate of drug-likeness (QED) is 0.550. The third-order valence-electron chi connectivity index (χ3n) is 2.91. The van der Waals surface area contributed by atoms with Gasteiger partial charge in [0.15, 0.2) is 0 Å². The number of para-hydroxylation sites is 1. The van der Waals surface area contributed by atoms with Crippen LogP contribution in [0.25, 0.3) is 0 Å². The van der Waals surface area contributed by atoms with Gasteiger partial charge in [0.2, 0.25) is 11.9 Å². The first-order valence-electron chi connectivity index (χ1n) is 6.73. The van der Waals surface area contributed by atoms with Gasteiger partial charge >= 0.3 is 0 Å². The standard InChI is InChI=1S/C15H12N6O2/c22-21(23)13-8-4-7-12(9-13)19-15-17-10-16-14(20-15)18-11-5-2-1-3-6-11/h1-10H,(H2,16,17,18,19,20). The van der Waals surface area contributed by atoms with Crippen molar-refractivity contribution in [2.75, 3.05) is 10.6 Å². The number of hydrogen-bond acceptors (Lipinski definition) is 7. The number of nitrogens with zero attached hydrogens (tertiary/aromatic N) is 4. The lowest BCUT2D eigenvalue weighted by molar-refractivity contribution is -0.384. The van der Waals surface area contributed by atoms with Gasteiger partial charge in [-0.05, 0) is 18.2 Å². The van der Waals surface area contributed by atoms with Crippen molar-refractivity contribution in [1.29, 1.82) is 0 Å². The summed E-state index contributed by atoms with van der Waals surface area (Å²) in [6, 6.07) is 15.6. The predicted molar refractivity (Wildman–Crippen MR) is 85.9 cm³/mol. The van der Waals surface area contributed by atoms with Gasteiger partial charge in [-0.25, -0.2) is 9.97 Å². The minimum atomic E-state index is -0.457. The third-order valence-corrected chi connectivity index (χ3v) is 2.91. The minimum Gasteiger partial charge on any atom is -0.324 e. The van der Waals surface area contributed by atoms with Gasteiger partial charge in [0.1, 0.15) is 6.33 Å². The first-order valence-corrected chi connectivity index (χ1v) is 6.73. The molecule has 0 unspecified atom stereocenters. The highest BCUT2D eigenvalue weighted by Crippen LogP contribution is 2.20. The molecular formula is C15H12N6O2. The summed E-state index contributed by atoms with van der Waals surface area (Å²) in [6.07, 6.45) is 1.36. The molecule has 0 aliphatic rings. The number of hydrogen-bond donors (Lipinski definition) is 2. The average Bonchev–Trinajstić information content (AvgIpc) is 2.56. The summed E-state index contributed by atoms with van der Waals surface area (Å²) in [5, 5.41) is 16.8. The van der Waals surface area contributed by atoms with Gasteiger partial charge in [-0.1, -0.05) is 24.3 Å². The lowest BCUT2D eigenvalue weighted by Crippen LogP contribution is -2.02. The highest BCUT2D eigenvalue weighted by Gasteiger charge is 2.07. The Bertz CT molecular complexity index is 825. The largest absolute Gasteiger partial charge is 0.324 e. The first kappa shape index (κ1) is 14.4. The molecule has 0 atom stereocenters. The van der Waals surface area contributed by atoms with Crippen molar-refractivity contribution in [2.45, 2.75) is 0 Å². The van der Waals surface area contributed by atoms with Crippen molar-refractivity contribution in [2.24, 2.45) is 0 Å². The predicted octanol–water partition coefficient (Wildman–Crippen LogP) is 3.27. The molecule has 0 saturated heterocycles. The maximum Gasteiger partial charge on any atom is 0.271 e. The van der Waals surface area contributed by atoms with E-state index in [2.05, 4.69) is 25.6 Å². The molecule has 0 fully saturated rings. The number of aromatic nitrogens is 3. The van der Waals surface area contributed by atoms with Gasteiger partial charge in [-0.3, -0.25) is 10.1 Å². The van der Waals surface area contributed by atoms with Crippen molar-refractivity contribution in [3.05, 3.63) is 71.0 Å². The van der Waals surface area contributed by atoms with E-state index in [4.69, 9.17) is 0 Å². The Morgan fingerprint density at radius 3 is 2.22 bits per heavy atom. The van der Waals surface area contributed by atoms with Gasteiger partial charge in [-0.2, -0.15) is 4.98 Å². The Morgan fingerprint density at radius 2 is 1.52 bits per heavy atom. The summed E-state index contributed by atoms with van der Waals surface area (Å²) >= 11 is 0. The lowest BCUT2D eigenvalue weighted by Gasteiger charge is -2.07. The number of rotatable bonds is 5. The number of anilines is 4. The van der Waals surface area contributed by atoms with E-state index in [0.717, 1.165) is 5.69 Å². The molecule has 0 radical (unpaired) electrons. The Kier molecular flexibility index (Phi) is 4.05. The molecule has 0 bridgehead atoms. The van der Waals surface area contributed by atoms with Gasteiger partial charge in [0.05, 0.1) is 4.92 Å². The second-order valence-electron chi connectivity index (χ2n) is 4.56. The summed E-state index contributed by atoms with van der Waals surface area (Å²) in [6.45, 7) is 0. The van der Waals surface area contributed by atoms with Gasteiger partial charge in [0.25, 0.3) is 5.69 Å². The molecule has 1 aromatic heterocycles. The monoisotopic (exact) mass is 308 g/mol. The van der Waals surface area contributed by atoms with Crippen LogP contribution in [0.15, 0.2) is 60.9 Å². The van der Waals surface area contributed by atoms with Crippen molar-refractivity contribution in [3.8, 4) is 0 Å². The van der Waals surface area contributed by atoms with Gasteiger partial charge in [0, 0.05) is 23.5 Å². The van der Waals surface area contributed by atoms with Crippen LogP contribution in [-0.4, -0.2) is 19.9 Å². The zero-order valence-electron chi connectivity index (χ0n) is 11.9. The molecule has 8 heteroatoms. The number of benzene rings is 2. The third kappa shape index (κ3) is 3.76. The van der Waals surface area contributed by atoms with E-state index in [9.17, 15) is 10.1 Å². The molecule has 23 heavy (non-hydrogen) atoms. The summed E-state index contributed by atoms with van der Waals surface area (Å²) < 4.78 is 0. The number of non-ortho nitro benzene ring substituents is 1. The van der Waals surface area contributed by atoms with E-state index in [1.54, 1.807) is 12.1 Å². The zero-order valence-corrected chi connectivity index (χ0v) is 11.9. The van der Waals surface area contributed by atoms with Crippen molar-refractivity contribution < 1.29 is 4.92 Å². The number of nitrogens with one attached hydrogen (secondary N) is 2. The fraction of sp³-hybridized carbons (Fsp3) is 0. The van der Waals surface area contributed by atoms with Crippen molar-refractivity contribution >= 4 is 29.0 Å². The number of nitro groups is 1. The Balaban J connectivity index is 1.77.